The van der Waals surface area contributed by atoms with E-state index in [1.807, 2.05) is 0 Å². The molecule has 0 fully saturated rings. The molecule has 0 spiro atoms. The quantitative estimate of drug-likeness (QED) is 0.0874. The molecule has 57 radical (unpaired) electrons. The highest BCUT2D eigenvalue weighted by Gasteiger charge is 2.61. The lowest BCUT2D eigenvalue weighted by Crippen LogP contribution is -2.96. The summed E-state index contributed by atoms with van der Waals surface area (Å²) in [5, 5.41) is 0. The predicted molar refractivity (Wildman–Crippen MR) is 316 cm³/mol. The van der Waals surface area contributed by atoms with Crippen molar-refractivity contribution in [3.63, 3.8) is 0 Å². The van der Waals surface area contributed by atoms with E-state index in [0.29, 0.717) is 0 Å². The molecule has 0 saturated carbocycles. The molecule has 0 atom stereocenters. The third-order valence-electron chi connectivity index (χ3n) is 11.3. The largest absolute Gasteiger partial charge is 0 e. The maximum Gasteiger partial charge on any atom is 0 e. The summed E-state index contributed by atoms with van der Waals surface area (Å²) in [5.41, 5.74) is 0. The van der Waals surface area contributed by atoms with Crippen molar-refractivity contribution < 1.29 is 0 Å². The van der Waals surface area contributed by atoms with Crippen LogP contribution in [-0.2, 0) is 0 Å². The number of hydrogen-bond acceptors (Lipinski definition) is 0. The molecule has 165 valence electrons. The average molecular weight is 595 g/mol. The van der Waals surface area contributed by atoms with Crippen molar-refractivity contribution in [3.05, 3.63) is 0 Å². The molecule has 0 bridgehead atoms. The summed E-state index contributed by atoms with van der Waals surface area (Å²) in [6.07, 6.45) is -34.8. The van der Waals surface area contributed by atoms with E-state index in [4.69, 9.17) is 217 Å². The summed E-state index contributed by atoms with van der Waals surface area (Å²) in [5.74, 6) is 0. The summed E-state index contributed by atoms with van der Waals surface area (Å²) >= 11 is 0. The summed E-state index contributed by atoms with van der Waals surface area (Å²) in [6, 6.07) is 0. The molecule has 0 N–H and O–H groups in total. The van der Waals surface area contributed by atoms with Gasteiger partial charge in [-0.05, 0) is 0 Å². The third kappa shape index (κ3) is 16.0. The Morgan fingerprint density at radius 3 is 0.382 bits per heavy atom. The molecule has 0 aliphatic rings. The molecule has 0 heterocycles. The average Bonchev–Trinajstić information content (AvgIpc) is 2.97. The second-order valence-electron chi connectivity index (χ2n) is 15.2. The summed E-state index contributed by atoms with van der Waals surface area (Å²) in [6.45, 7) is 0. The Bertz CT molecular complexity index is 818. The summed E-state index contributed by atoms with van der Waals surface area (Å²) < 4.78 is 0. The van der Waals surface area contributed by atoms with Gasteiger partial charge in [0, 0.05) is 390 Å². The molecular weight excluding hydrogens is 595 g/mol. The Labute approximate surface area is 386 Å². The van der Waals surface area contributed by atoms with Crippen LogP contribution in [0.3, 0.4) is 0 Å². The van der Waals surface area contributed by atoms with Crippen LogP contribution in [0.4, 0.5) is 0 Å². The summed E-state index contributed by atoms with van der Waals surface area (Å²) in [4.78, 5) is 0. The maximum atomic E-state index is 6.80. The molecule has 0 aromatic heterocycles. The van der Waals surface area contributed by atoms with E-state index in [0.717, 1.165) is 7.06 Å². The van der Waals surface area contributed by atoms with Gasteiger partial charge in [-0.1, -0.05) is 0 Å². The molecule has 0 amide bonds. The zero-order valence-electron chi connectivity index (χ0n) is 31.8. The van der Waals surface area contributed by atoms with Gasteiger partial charge >= 0.3 is 0 Å². The van der Waals surface area contributed by atoms with E-state index in [1.165, 1.54) is 0 Å². The Morgan fingerprint density at radius 1 is 0.164 bits per heavy atom. The smallest absolute Gasteiger partial charge is 0 e. The highest BCUT2D eigenvalue weighted by Crippen LogP contribution is 2.23. The van der Waals surface area contributed by atoms with Gasteiger partial charge in [-0.15, -0.1) is 0 Å². The van der Waals surface area contributed by atoms with E-state index in [-0.39, 0.29) is 0 Å². The summed E-state index contributed by atoms with van der Waals surface area (Å²) in [7, 11) is 183. The highest BCUT2D eigenvalue weighted by atomic mass is 13.4. The van der Waals surface area contributed by atoms with Crippen molar-refractivity contribution in [1.82, 2.24) is 0 Å². The van der Waals surface area contributed by atoms with Crippen LogP contribution in [0, 0.1) is 0 Å². The van der Waals surface area contributed by atoms with Crippen LogP contribution in [0.15, 0.2) is 0 Å². The number of rotatable bonds is 26. The first-order valence-electron chi connectivity index (χ1n) is 18.0. The zero-order chi connectivity index (χ0) is 43.7. The molecular formula is B55. The maximum absolute atomic E-state index is 6.80. The molecule has 0 unspecified atom stereocenters. The standard InChI is InChI=1S/B55/c1-29-43(28)50(42(26)27)54(51(44(30(2)3)31(4)5)45(32(6)7)33(8)9)55(52(46(34(10)11)35(12)13)47(36(14)15)37(16)17)53(48(38(18)19)39(20)21)49(40(22)23)41(24)25. The fourth-order valence-electron chi connectivity index (χ4n) is 9.37. The predicted octanol–water partition coefficient (Wildman–Crippen LogP) is -20.9. The Balaban J connectivity index is 10.1. The molecule has 0 aliphatic carbocycles. The van der Waals surface area contributed by atoms with Gasteiger partial charge in [-0.25, -0.2) is 0 Å². The van der Waals surface area contributed by atoms with Crippen molar-refractivity contribution in [1.29, 1.82) is 0 Å². The molecule has 0 aliphatic heterocycles. The van der Waals surface area contributed by atoms with Crippen molar-refractivity contribution in [2.45, 2.75) is 0 Å². The van der Waals surface area contributed by atoms with Gasteiger partial charge in [0.15, 0.2) is 0 Å². The first kappa shape index (κ1) is 58.6. The van der Waals surface area contributed by atoms with Gasteiger partial charge in [0.2, 0.25) is 0 Å². The molecule has 0 aromatic rings. The number of hydrogen-bond donors (Lipinski definition) is 0. The van der Waals surface area contributed by atoms with Gasteiger partial charge in [-0.3, -0.25) is 0 Å². The van der Waals surface area contributed by atoms with E-state index in [9.17, 15) is 0 Å². The van der Waals surface area contributed by atoms with Crippen LogP contribution in [0.5, 0.6) is 0 Å². The van der Waals surface area contributed by atoms with E-state index in [2.05, 4.69) is 0 Å². The van der Waals surface area contributed by atoms with Crippen LogP contribution in [0.1, 0.15) is 0 Å². The molecule has 0 rings (SSSR count). The van der Waals surface area contributed by atoms with E-state index < -0.39 is 166 Å². The molecule has 0 aromatic carbocycles. The third-order valence-corrected chi connectivity index (χ3v) is 11.3. The van der Waals surface area contributed by atoms with Gasteiger partial charge in [0.05, 0.1) is 0 Å². The van der Waals surface area contributed by atoms with Gasteiger partial charge < -0.3 is 0 Å². The van der Waals surface area contributed by atoms with Gasteiger partial charge in [-0.2, -0.15) is 0 Å². The SMILES string of the molecule is [B][B]B([B])B(B([B])[B])B(B(B(B([B])[B])B([B])[B])B(B([B])[B])B([B])[B])B(B(B(B([B])[B])B([B])[B])B(B([B])[B])B([B])[B])B(B(B([B])[B])B([B])[B])B(B([B])[B])B([B])[B]. The fourth-order valence-corrected chi connectivity index (χ4v) is 9.37. The molecule has 0 saturated heterocycles. The van der Waals surface area contributed by atoms with Gasteiger partial charge in [0.1, 0.15) is 0 Å². The lowest BCUT2D eigenvalue weighted by molar-refractivity contribution is 3.18. The van der Waals surface area contributed by atoms with Crippen LogP contribution in [0.25, 0.3) is 0 Å². The first-order valence-corrected chi connectivity index (χ1v) is 18.0. The van der Waals surface area contributed by atoms with Crippen molar-refractivity contribution >= 4 is 390 Å². The van der Waals surface area contributed by atoms with Crippen molar-refractivity contribution in [2.24, 2.45) is 0 Å². The first-order chi connectivity index (χ1) is 25.0. The monoisotopic (exact) mass is 606 g/mol. The molecule has 0 nitrogen and oxygen atoms in total. The Hall–Kier alpha value is 3.57. The van der Waals surface area contributed by atoms with Crippen LogP contribution in [-0.4, -0.2) is 390 Å². The Morgan fingerprint density at radius 2 is 0.273 bits per heavy atom. The zero-order valence-corrected chi connectivity index (χ0v) is 31.8. The lowest BCUT2D eigenvalue weighted by atomic mass is 8.23. The highest BCUT2D eigenvalue weighted by molar-refractivity contribution is 8.36. The molecule has 55 heteroatoms. The minimum Gasteiger partial charge on any atom is 0 e. The minimum atomic E-state index is -1.42. The minimum absolute atomic E-state index is 1.12. The van der Waals surface area contributed by atoms with Crippen molar-refractivity contribution in [3.8, 4) is 0 Å². The van der Waals surface area contributed by atoms with Crippen LogP contribution < -0.4 is 0 Å². The lowest BCUT2D eigenvalue weighted by Gasteiger charge is -2.58. The Kier molecular flexibility index (Phi) is 28.8. The second kappa shape index (κ2) is 27.0. The fraction of sp³-hybridized carbons (Fsp3) is 0. The van der Waals surface area contributed by atoms with Crippen LogP contribution in [0.2, 0.25) is 0 Å². The topological polar surface area (TPSA) is 0 Å². The normalized spacial score (nSPS) is 9.67. The van der Waals surface area contributed by atoms with Gasteiger partial charge in [0.25, 0.3) is 0 Å². The van der Waals surface area contributed by atoms with E-state index >= 15 is 0 Å². The van der Waals surface area contributed by atoms with Crippen molar-refractivity contribution in [2.75, 3.05) is 0 Å². The second-order valence-corrected chi connectivity index (χ2v) is 15.2. The van der Waals surface area contributed by atoms with Crippen LogP contribution >= 0.6 is 0 Å². The molecule has 55 heavy (non-hydrogen) atoms. The van der Waals surface area contributed by atoms with E-state index in [1.54, 1.807) is 0 Å².